The molecule has 5 nitrogen and oxygen atoms in total. The molecule has 0 bridgehead atoms. The van der Waals surface area contributed by atoms with Gasteiger partial charge in [0.1, 0.15) is 6.04 Å². The Morgan fingerprint density at radius 1 is 1.43 bits per heavy atom. The largest absolute Gasteiger partial charge is 0.481 e. The monoisotopic (exact) mass is 295 g/mol. The van der Waals surface area contributed by atoms with Gasteiger partial charge in [0, 0.05) is 6.54 Å². The zero-order valence-electron chi connectivity index (χ0n) is 11.8. The smallest absolute Gasteiger partial charge is 0.326 e. The summed E-state index contributed by atoms with van der Waals surface area (Å²) in [5, 5.41) is 9.26. The molecule has 2 rings (SSSR count). The van der Waals surface area contributed by atoms with Crippen LogP contribution in [-0.4, -0.2) is 41.1 Å². The van der Waals surface area contributed by atoms with Crippen molar-refractivity contribution in [3.63, 3.8) is 0 Å². The Morgan fingerprint density at radius 3 is 2.81 bits per heavy atom. The van der Waals surface area contributed by atoms with E-state index in [1.54, 1.807) is 6.07 Å². The van der Waals surface area contributed by atoms with Gasteiger partial charge in [-0.1, -0.05) is 19.1 Å². The molecule has 1 fully saturated rings. The summed E-state index contributed by atoms with van der Waals surface area (Å²) in [4.78, 5) is 24.8. The van der Waals surface area contributed by atoms with Crippen molar-refractivity contribution in [3.05, 3.63) is 30.1 Å². The number of hydrogen-bond acceptors (Lipinski definition) is 3. The van der Waals surface area contributed by atoms with Gasteiger partial charge in [-0.3, -0.25) is 4.79 Å². The van der Waals surface area contributed by atoms with E-state index in [-0.39, 0.29) is 18.3 Å². The van der Waals surface area contributed by atoms with Gasteiger partial charge in [-0.2, -0.15) is 0 Å². The van der Waals surface area contributed by atoms with Crippen LogP contribution in [0.2, 0.25) is 0 Å². The third-order valence-electron chi connectivity index (χ3n) is 3.69. The van der Waals surface area contributed by atoms with E-state index in [2.05, 4.69) is 0 Å². The van der Waals surface area contributed by atoms with Crippen LogP contribution in [0.1, 0.15) is 19.8 Å². The minimum Gasteiger partial charge on any atom is -0.481 e. The second-order valence-corrected chi connectivity index (χ2v) is 5.21. The Kier molecular flexibility index (Phi) is 4.77. The number of piperidine rings is 1. The molecular weight excluding hydrogens is 277 g/mol. The van der Waals surface area contributed by atoms with E-state index in [9.17, 15) is 19.1 Å². The van der Waals surface area contributed by atoms with Gasteiger partial charge < -0.3 is 14.7 Å². The summed E-state index contributed by atoms with van der Waals surface area (Å²) in [6.45, 7) is 1.84. The lowest BCUT2D eigenvalue weighted by molar-refractivity contribution is -0.155. The number of nitrogens with zero attached hydrogens (tertiary/aromatic N) is 1. The fraction of sp³-hybridized carbons (Fsp3) is 0.467. The normalized spacial score (nSPS) is 21.9. The predicted octanol–water partition coefficient (Wildman–Crippen LogP) is 1.92. The molecule has 1 aromatic rings. The highest BCUT2D eigenvalue weighted by atomic mass is 19.1. The van der Waals surface area contributed by atoms with Crippen molar-refractivity contribution in [2.24, 2.45) is 5.92 Å². The van der Waals surface area contributed by atoms with Gasteiger partial charge in [-0.05, 0) is 30.9 Å². The van der Waals surface area contributed by atoms with E-state index in [0.29, 0.717) is 6.54 Å². The minimum absolute atomic E-state index is 0.0113. The standard InChI is InChI=1S/C15H18FNO4/c1-10-5-4-8-17(14(10)15(19)20)13(18)9-21-12-7-3-2-6-11(12)16/h2-3,6-7,10,14H,4-5,8-9H2,1H3,(H,19,20). The number of halogens is 1. The van der Waals surface area contributed by atoms with Gasteiger partial charge in [-0.15, -0.1) is 0 Å². The van der Waals surface area contributed by atoms with Gasteiger partial charge in [0.05, 0.1) is 0 Å². The summed E-state index contributed by atoms with van der Waals surface area (Å²) in [5.74, 6) is -2.11. The first kappa shape index (κ1) is 15.3. The van der Waals surface area contributed by atoms with Gasteiger partial charge in [-0.25, -0.2) is 9.18 Å². The summed E-state index contributed by atoms with van der Waals surface area (Å²) >= 11 is 0. The van der Waals surface area contributed by atoms with E-state index in [0.717, 1.165) is 12.8 Å². The Labute approximate surface area is 122 Å². The maximum Gasteiger partial charge on any atom is 0.326 e. The number of amides is 1. The first-order valence-electron chi connectivity index (χ1n) is 6.90. The summed E-state index contributed by atoms with van der Waals surface area (Å²) in [6, 6.07) is 4.96. The molecule has 21 heavy (non-hydrogen) atoms. The SMILES string of the molecule is CC1CCCN(C(=O)COc2ccccc2F)C1C(=O)O. The molecule has 1 amide bonds. The van der Waals surface area contributed by atoms with Crippen LogP contribution in [-0.2, 0) is 9.59 Å². The molecule has 0 spiro atoms. The number of carboxylic acid groups (broad SMARTS) is 1. The van der Waals surface area contributed by atoms with Gasteiger partial charge in [0.25, 0.3) is 5.91 Å². The Morgan fingerprint density at radius 2 is 2.14 bits per heavy atom. The third kappa shape index (κ3) is 3.51. The average Bonchev–Trinajstić information content (AvgIpc) is 2.45. The van der Waals surface area contributed by atoms with E-state index >= 15 is 0 Å². The number of ether oxygens (including phenoxy) is 1. The predicted molar refractivity (Wildman–Crippen MR) is 73.4 cm³/mol. The number of para-hydroxylation sites is 1. The second kappa shape index (κ2) is 6.56. The lowest BCUT2D eigenvalue weighted by Gasteiger charge is -2.37. The molecule has 0 saturated carbocycles. The van der Waals surface area contributed by atoms with Gasteiger partial charge >= 0.3 is 5.97 Å². The molecule has 1 aromatic carbocycles. The summed E-state index contributed by atoms with van der Waals surface area (Å²) in [7, 11) is 0. The number of likely N-dealkylation sites (tertiary alicyclic amines) is 1. The number of carbonyl (C=O) groups is 2. The van der Waals surface area contributed by atoms with Crippen LogP contribution in [0.5, 0.6) is 5.75 Å². The zero-order valence-corrected chi connectivity index (χ0v) is 11.8. The van der Waals surface area contributed by atoms with Crippen LogP contribution < -0.4 is 4.74 Å². The van der Waals surface area contributed by atoms with Crippen molar-refractivity contribution in [1.29, 1.82) is 0 Å². The molecule has 2 atom stereocenters. The Hall–Kier alpha value is -2.11. The van der Waals surface area contributed by atoms with Gasteiger partial charge in [0.15, 0.2) is 18.2 Å². The van der Waals surface area contributed by atoms with Crippen LogP contribution in [0.25, 0.3) is 0 Å². The first-order chi connectivity index (χ1) is 10.0. The summed E-state index contributed by atoms with van der Waals surface area (Å²) in [6.07, 6.45) is 1.53. The number of hydrogen-bond donors (Lipinski definition) is 1. The third-order valence-corrected chi connectivity index (χ3v) is 3.69. The molecule has 1 aliphatic rings. The number of aliphatic carboxylic acids is 1. The lowest BCUT2D eigenvalue weighted by Crippen LogP contribution is -2.53. The van der Waals surface area contributed by atoms with E-state index < -0.39 is 23.7 Å². The maximum atomic E-state index is 13.4. The molecule has 0 aliphatic carbocycles. The Bertz CT molecular complexity index is 534. The molecule has 6 heteroatoms. The molecule has 114 valence electrons. The van der Waals surface area contributed by atoms with Crippen molar-refractivity contribution in [3.8, 4) is 5.75 Å². The fourth-order valence-electron chi connectivity index (χ4n) is 2.63. The average molecular weight is 295 g/mol. The zero-order chi connectivity index (χ0) is 15.4. The Balaban J connectivity index is 2.02. The minimum atomic E-state index is -1.01. The highest BCUT2D eigenvalue weighted by Gasteiger charge is 2.37. The highest BCUT2D eigenvalue weighted by Crippen LogP contribution is 2.24. The maximum absolute atomic E-state index is 13.4. The molecule has 1 saturated heterocycles. The highest BCUT2D eigenvalue weighted by molar-refractivity contribution is 5.85. The van der Waals surface area contributed by atoms with Crippen molar-refractivity contribution in [1.82, 2.24) is 4.90 Å². The van der Waals surface area contributed by atoms with Crippen LogP contribution in [0, 0.1) is 11.7 Å². The van der Waals surface area contributed by atoms with Crippen molar-refractivity contribution in [2.75, 3.05) is 13.2 Å². The summed E-state index contributed by atoms with van der Waals surface area (Å²) in [5.41, 5.74) is 0. The van der Waals surface area contributed by atoms with Crippen LogP contribution in [0.3, 0.4) is 0 Å². The number of benzene rings is 1. The number of carbonyl (C=O) groups excluding carboxylic acids is 1. The number of rotatable bonds is 4. The molecule has 1 aliphatic heterocycles. The fourth-order valence-corrected chi connectivity index (χ4v) is 2.63. The van der Waals surface area contributed by atoms with E-state index in [1.165, 1.54) is 23.1 Å². The van der Waals surface area contributed by atoms with Gasteiger partial charge in [0.2, 0.25) is 0 Å². The van der Waals surface area contributed by atoms with E-state index in [4.69, 9.17) is 4.74 Å². The molecule has 1 N–H and O–H groups in total. The first-order valence-corrected chi connectivity index (χ1v) is 6.90. The molecule has 0 aromatic heterocycles. The van der Waals surface area contributed by atoms with Crippen molar-refractivity contribution in [2.45, 2.75) is 25.8 Å². The van der Waals surface area contributed by atoms with Crippen molar-refractivity contribution < 1.29 is 23.8 Å². The lowest BCUT2D eigenvalue weighted by atomic mass is 9.91. The number of carboxylic acids is 1. The topological polar surface area (TPSA) is 66.8 Å². The second-order valence-electron chi connectivity index (χ2n) is 5.21. The van der Waals surface area contributed by atoms with Crippen LogP contribution in [0.4, 0.5) is 4.39 Å². The van der Waals surface area contributed by atoms with Crippen LogP contribution >= 0.6 is 0 Å². The van der Waals surface area contributed by atoms with Crippen LogP contribution in [0.15, 0.2) is 24.3 Å². The quantitative estimate of drug-likeness (QED) is 0.921. The molecular formula is C15H18FNO4. The molecule has 2 unspecified atom stereocenters. The van der Waals surface area contributed by atoms with E-state index in [1.807, 2.05) is 6.92 Å². The van der Waals surface area contributed by atoms with Crippen molar-refractivity contribution >= 4 is 11.9 Å². The summed E-state index contributed by atoms with van der Waals surface area (Å²) < 4.78 is 18.6. The molecule has 1 heterocycles. The molecule has 0 radical (unpaired) electrons.